The number of H-pyrrole nitrogens is 1. The highest BCUT2D eigenvalue weighted by atomic mass is 14.7. The molecule has 1 aromatic heterocycles. The van der Waals surface area contributed by atoms with Gasteiger partial charge in [0.05, 0.1) is 0 Å². The standard InChI is InChI=1S/C14H20N2/c1-4-12(15)10(3)11-8-16-13-7-5-6-9(2)14(11)13/h5-8,10,12,16H,4,15H2,1-3H3/t10-,12-/m1/s1. The number of benzene rings is 1. The number of hydrogen-bond donors (Lipinski definition) is 2. The molecule has 2 heteroatoms. The van der Waals surface area contributed by atoms with Crippen LogP contribution in [-0.2, 0) is 0 Å². The van der Waals surface area contributed by atoms with Crippen LogP contribution in [0.1, 0.15) is 37.3 Å². The van der Waals surface area contributed by atoms with Gasteiger partial charge < -0.3 is 10.7 Å². The fourth-order valence-electron chi connectivity index (χ4n) is 2.34. The largest absolute Gasteiger partial charge is 0.361 e. The minimum Gasteiger partial charge on any atom is -0.361 e. The molecule has 1 heterocycles. The first kappa shape index (κ1) is 11.2. The fraction of sp³-hybridized carbons (Fsp3) is 0.429. The Morgan fingerprint density at radius 3 is 2.81 bits per heavy atom. The van der Waals surface area contributed by atoms with Gasteiger partial charge in [-0.2, -0.15) is 0 Å². The van der Waals surface area contributed by atoms with Crippen molar-refractivity contribution >= 4 is 10.9 Å². The van der Waals surface area contributed by atoms with E-state index in [9.17, 15) is 0 Å². The van der Waals surface area contributed by atoms with Gasteiger partial charge in [-0.15, -0.1) is 0 Å². The summed E-state index contributed by atoms with van der Waals surface area (Å²) in [6, 6.07) is 6.60. The van der Waals surface area contributed by atoms with Crippen LogP contribution in [0.4, 0.5) is 0 Å². The third kappa shape index (κ3) is 1.74. The number of nitrogens with two attached hydrogens (primary N) is 1. The molecule has 0 saturated carbocycles. The molecule has 1 aromatic carbocycles. The molecular weight excluding hydrogens is 196 g/mol. The van der Waals surface area contributed by atoms with Crippen molar-refractivity contribution in [2.75, 3.05) is 0 Å². The minimum atomic E-state index is 0.235. The van der Waals surface area contributed by atoms with Crippen LogP contribution >= 0.6 is 0 Å². The van der Waals surface area contributed by atoms with Crippen molar-refractivity contribution in [1.29, 1.82) is 0 Å². The van der Waals surface area contributed by atoms with E-state index in [0.717, 1.165) is 6.42 Å². The first-order valence-electron chi connectivity index (χ1n) is 5.97. The number of fused-ring (bicyclic) bond motifs is 1. The average molecular weight is 216 g/mol. The quantitative estimate of drug-likeness (QED) is 0.812. The average Bonchev–Trinajstić information content (AvgIpc) is 2.72. The summed E-state index contributed by atoms with van der Waals surface area (Å²) in [4.78, 5) is 3.33. The summed E-state index contributed by atoms with van der Waals surface area (Å²) in [5.74, 6) is 0.403. The Labute approximate surface area is 96.9 Å². The Kier molecular flexibility index (Phi) is 3.01. The van der Waals surface area contributed by atoms with Gasteiger partial charge in [0, 0.05) is 23.1 Å². The number of rotatable bonds is 3. The predicted molar refractivity (Wildman–Crippen MR) is 69.7 cm³/mol. The van der Waals surface area contributed by atoms with E-state index in [1.54, 1.807) is 0 Å². The molecule has 2 atom stereocenters. The van der Waals surface area contributed by atoms with Crippen LogP contribution in [0.2, 0.25) is 0 Å². The molecule has 2 nitrogen and oxygen atoms in total. The van der Waals surface area contributed by atoms with Gasteiger partial charge in [0.25, 0.3) is 0 Å². The van der Waals surface area contributed by atoms with E-state index >= 15 is 0 Å². The Balaban J connectivity index is 2.53. The van der Waals surface area contributed by atoms with Gasteiger partial charge in [-0.1, -0.05) is 26.0 Å². The number of hydrogen-bond acceptors (Lipinski definition) is 1. The molecule has 0 spiro atoms. The summed E-state index contributed by atoms with van der Waals surface area (Å²) in [7, 11) is 0. The summed E-state index contributed by atoms with van der Waals surface area (Å²) in [5.41, 5.74) is 10.0. The van der Waals surface area contributed by atoms with Crippen LogP contribution < -0.4 is 5.73 Å². The summed E-state index contributed by atoms with van der Waals surface area (Å²) >= 11 is 0. The Hall–Kier alpha value is -1.28. The lowest BCUT2D eigenvalue weighted by atomic mass is 9.91. The highest BCUT2D eigenvalue weighted by Crippen LogP contribution is 2.30. The lowest BCUT2D eigenvalue weighted by Crippen LogP contribution is -2.25. The summed E-state index contributed by atoms with van der Waals surface area (Å²) in [6.07, 6.45) is 3.12. The van der Waals surface area contributed by atoms with Crippen LogP contribution in [0.25, 0.3) is 10.9 Å². The van der Waals surface area contributed by atoms with Crippen molar-refractivity contribution in [1.82, 2.24) is 4.98 Å². The van der Waals surface area contributed by atoms with Crippen molar-refractivity contribution in [3.05, 3.63) is 35.5 Å². The normalized spacial score (nSPS) is 15.2. The van der Waals surface area contributed by atoms with Gasteiger partial charge in [-0.05, 0) is 36.5 Å². The zero-order valence-corrected chi connectivity index (χ0v) is 10.2. The maximum atomic E-state index is 6.13. The van der Waals surface area contributed by atoms with Gasteiger partial charge in [-0.3, -0.25) is 0 Å². The smallest absolute Gasteiger partial charge is 0.0459 e. The molecule has 0 saturated heterocycles. The number of aromatic amines is 1. The van der Waals surface area contributed by atoms with E-state index in [1.165, 1.54) is 22.0 Å². The van der Waals surface area contributed by atoms with Crippen molar-refractivity contribution in [3.8, 4) is 0 Å². The Morgan fingerprint density at radius 2 is 2.12 bits per heavy atom. The van der Waals surface area contributed by atoms with E-state index in [0.29, 0.717) is 5.92 Å². The van der Waals surface area contributed by atoms with Crippen molar-refractivity contribution < 1.29 is 0 Å². The van der Waals surface area contributed by atoms with Gasteiger partial charge in [-0.25, -0.2) is 0 Å². The molecule has 2 aromatic rings. The second-order valence-electron chi connectivity index (χ2n) is 4.60. The Bertz CT molecular complexity index is 484. The SMILES string of the molecule is CC[C@@H](N)[C@H](C)c1c[nH]c2cccc(C)c12. The number of aromatic nitrogens is 1. The van der Waals surface area contributed by atoms with Crippen LogP contribution in [0.15, 0.2) is 24.4 Å². The molecule has 0 aliphatic carbocycles. The van der Waals surface area contributed by atoms with E-state index in [-0.39, 0.29) is 6.04 Å². The molecule has 0 unspecified atom stereocenters. The second-order valence-corrected chi connectivity index (χ2v) is 4.60. The second kappa shape index (κ2) is 4.30. The molecule has 0 aliphatic heterocycles. The van der Waals surface area contributed by atoms with E-state index in [4.69, 9.17) is 5.73 Å². The lowest BCUT2D eigenvalue weighted by Gasteiger charge is -2.18. The molecular formula is C14H20N2. The number of nitrogens with one attached hydrogen (secondary N) is 1. The molecule has 2 rings (SSSR count). The monoisotopic (exact) mass is 216 g/mol. The number of aryl methyl sites for hydroxylation is 1. The van der Waals surface area contributed by atoms with Gasteiger partial charge in [0.1, 0.15) is 0 Å². The van der Waals surface area contributed by atoms with Gasteiger partial charge >= 0.3 is 0 Å². The van der Waals surface area contributed by atoms with E-state index < -0.39 is 0 Å². The zero-order chi connectivity index (χ0) is 11.7. The van der Waals surface area contributed by atoms with E-state index in [1.807, 2.05) is 0 Å². The summed E-state index contributed by atoms with van der Waals surface area (Å²) in [6.45, 7) is 6.51. The van der Waals surface area contributed by atoms with Gasteiger partial charge in [0.2, 0.25) is 0 Å². The van der Waals surface area contributed by atoms with Crippen molar-refractivity contribution in [3.63, 3.8) is 0 Å². The van der Waals surface area contributed by atoms with Crippen molar-refractivity contribution in [2.45, 2.75) is 39.2 Å². The zero-order valence-electron chi connectivity index (χ0n) is 10.2. The third-order valence-electron chi connectivity index (χ3n) is 3.55. The molecule has 0 aliphatic rings. The fourth-order valence-corrected chi connectivity index (χ4v) is 2.34. The molecule has 16 heavy (non-hydrogen) atoms. The molecule has 0 radical (unpaired) electrons. The lowest BCUT2D eigenvalue weighted by molar-refractivity contribution is 0.554. The highest BCUT2D eigenvalue weighted by molar-refractivity contribution is 5.87. The molecule has 0 bridgehead atoms. The maximum Gasteiger partial charge on any atom is 0.0459 e. The maximum absolute atomic E-state index is 6.13. The van der Waals surface area contributed by atoms with Crippen LogP contribution in [0, 0.1) is 6.92 Å². The third-order valence-corrected chi connectivity index (χ3v) is 3.55. The van der Waals surface area contributed by atoms with Crippen LogP contribution in [-0.4, -0.2) is 11.0 Å². The summed E-state index contributed by atoms with van der Waals surface area (Å²) in [5, 5.41) is 1.35. The summed E-state index contributed by atoms with van der Waals surface area (Å²) < 4.78 is 0. The first-order chi connectivity index (χ1) is 7.65. The van der Waals surface area contributed by atoms with E-state index in [2.05, 4.69) is 50.2 Å². The first-order valence-corrected chi connectivity index (χ1v) is 5.97. The van der Waals surface area contributed by atoms with Crippen LogP contribution in [0.3, 0.4) is 0 Å². The Morgan fingerprint density at radius 1 is 1.38 bits per heavy atom. The predicted octanol–water partition coefficient (Wildman–Crippen LogP) is 3.32. The topological polar surface area (TPSA) is 41.8 Å². The molecule has 86 valence electrons. The van der Waals surface area contributed by atoms with Gasteiger partial charge in [0.15, 0.2) is 0 Å². The minimum absolute atomic E-state index is 0.235. The molecule has 0 amide bonds. The van der Waals surface area contributed by atoms with Crippen molar-refractivity contribution in [2.24, 2.45) is 5.73 Å². The highest BCUT2D eigenvalue weighted by Gasteiger charge is 2.17. The molecule has 3 N–H and O–H groups in total. The van der Waals surface area contributed by atoms with Crippen LogP contribution in [0.5, 0.6) is 0 Å². The molecule has 0 fully saturated rings.